The molecule has 3 aromatic carbocycles. The van der Waals surface area contributed by atoms with Crippen molar-refractivity contribution in [3.05, 3.63) is 95.1 Å². The first-order valence-corrected chi connectivity index (χ1v) is 14.1. The zero-order valence-electron chi connectivity index (χ0n) is 23.3. The molecule has 206 valence electrons. The Bertz CT molecular complexity index is 1250. The minimum Gasteiger partial charge on any atom is -0.506 e. The van der Waals surface area contributed by atoms with Crippen LogP contribution in [0.25, 0.3) is 0 Å². The first kappa shape index (κ1) is 28.2. The molecule has 2 amide bonds. The molecule has 0 spiro atoms. The number of aromatic hydroxyl groups is 1. The highest BCUT2D eigenvalue weighted by Gasteiger charge is 2.32. The van der Waals surface area contributed by atoms with Gasteiger partial charge in [0.05, 0.1) is 5.69 Å². The summed E-state index contributed by atoms with van der Waals surface area (Å²) in [5, 5.41) is 12.7. The topological polar surface area (TPSA) is 78.9 Å². The van der Waals surface area contributed by atoms with E-state index in [-0.39, 0.29) is 17.7 Å². The number of para-hydroxylation sites is 2. The van der Waals surface area contributed by atoms with Gasteiger partial charge in [0.2, 0.25) is 0 Å². The van der Waals surface area contributed by atoms with Crippen molar-refractivity contribution in [1.29, 1.82) is 0 Å². The highest BCUT2D eigenvalue weighted by atomic mass is 16.6. The van der Waals surface area contributed by atoms with Gasteiger partial charge in [-0.1, -0.05) is 75.2 Å². The van der Waals surface area contributed by atoms with E-state index in [1.807, 2.05) is 30.9 Å². The van der Waals surface area contributed by atoms with Gasteiger partial charge in [0.1, 0.15) is 11.4 Å². The molecule has 4 rings (SSSR count). The molecule has 0 bridgehead atoms. The number of amides is 2. The Kier molecular flexibility index (Phi) is 9.28. The number of benzene rings is 3. The van der Waals surface area contributed by atoms with Crippen LogP contribution in [0.1, 0.15) is 79.9 Å². The normalized spacial score (nSPS) is 14.9. The van der Waals surface area contributed by atoms with E-state index in [4.69, 9.17) is 4.74 Å². The van der Waals surface area contributed by atoms with Crippen molar-refractivity contribution < 1.29 is 19.4 Å². The lowest BCUT2D eigenvalue weighted by atomic mass is 9.92. The third-order valence-corrected chi connectivity index (χ3v) is 7.91. The molecular formula is C33H40N2O4. The molecule has 3 aromatic rings. The Balaban J connectivity index is 1.48. The highest BCUT2D eigenvalue weighted by molar-refractivity contribution is 6.05. The second kappa shape index (κ2) is 12.8. The second-order valence-corrected chi connectivity index (χ2v) is 10.7. The van der Waals surface area contributed by atoms with Gasteiger partial charge < -0.3 is 20.1 Å². The number of phenolic OH excluding ortho intramolecular Hbond substituents is 1. The molecule has 0 radical (unpaired) electrons. The van der Waals surface area contributed by atoms with Gasteiger partial charge in [-0.3, -0.25) is 4.79 Å². The van der Waals surface area contributed by atoms with Gasteiger partial charge in [0.25, 0.3) is 5.91 Å². The number of carbonyl (C=O) groups excluding carboxylic acids is 2. The van der Waals surface area contributed by atoms with Crippen LogP contribution in [0, 0.1) is 5.92 Å². The summed E-state index contributed by atoms with van der Waals surface area (Å²) in [6, 6.07) is 22.2. The number of carbonyl (C=O) groups is 2. The lowest BCUT2D eigenvalue weighted by Gasteiger charge is -2.33. The van der Waals surface area contributed by atoms with Crippen LogP contribution in [0.5, 0.6) is 5.75 Å². The van der Waals surface area contributed by atoms with E-state index in [1.165, 1.54) is 24.5 Å². The van der Waals surface area contributed by atoms with Crippen LogP contribution in [-0.2, 0) is 23.3 Å². The summed E-state index contributed by atoms with van der Waals surface area (Å²) < 4.78 is 6.23. The van der Waals surface area contributed by atoms with Crippen molar-refractivity contribution in [1.82, 2.24) is 4.90 Å². The summed E-state index contributed by atoms with van der Waals surface area (Å²) in [6.07, 6.45) is 5.97. The fourth-order valence-corrected chi connectivity index (χ4v) is 5.15. The Morgan fingerprint density at radius 1 is 0.949 bits per heavy atom. The Hall–Kier alpha value is -3.80. The van der Waals surface area contributed by atoms with E-state index >= 15 is 0 Å². The average molecular weight is 529 g/mol. The van der Waals surface area contributed by atoms with Gasteiger partial charge in [0.15, 0.2) is 0 Å². The summed E-state index contributed by atoms with van der Waals surface area (Å²) in [4.78, 5) is 28.1. The predicted octanol–water partition coefficient (Wildman–Crippen LogP) is 7.66. The molecule has 0 aliphatic heterocycles. The highest BCUT2D eigenvalue weighted by Crippen LogP contribution is 2.32. The molecule has 1 saturated carbocycles. The lowest BCUT2D eigenvalue weighted by molar-refractivity contribution is -0.00761. The van der Waals surface area contributed by atoms with Crippen LogP contribution < -0.4 is 5.32 Å². The van der Waals surface area contributed by atoms with Crippen LogP contribution in [0.2, 0.25) is 0 Å². The van der Waals surface area contributed by atoms with Crippen LogP contribution in [0.3, 0.4) is 0 Å². The summed E-state index contributed by atoms with van der Waals surface area (Å²) in [5.41, 5.74) is 3.29. The van der Waals surface area contributed by atoms with Gasteiger partial charge in [-0.15, -0.1) is 0 Å². The zero-order valence-corrected chi connectivity index (χ0v) is 23.3. The molecule has 1 fully saturated rings. The first-order chi connectivity index (χ1) is 18.8. The van der Waals surface area contributed by atoms with Crippen LogP contribution in [0.15, 0.2) is 72.8 Å². The van der Waals surface area contributed by atoms with E-state index < -0.39 is 5.60 Å². The van der Waals surface area contributed by atoms with Gasteiger partial charge in [-0.25, -0.2) is 4.79 Å². The van der Waals surface area contributed by atoms with Crippen molar-refractivity contribution >= 4 is 17.7 Å². The standard InChI is InChI=1S/C33H40N2O4/c1-4-24-16-20-28(21-17-24)33(3,5-2)39-32(38)35(22-25-10-6-7-11-25)23-26-14-18-27(19-15-26)31(37)34-29-12-8-9-13-30(29)36/h8-9,12-21,25,36H,4-7,10-11,22-23H2,1-3H3,(H,34,37)/t33-/m0/s1. The van der Waals surface area contributed by atoms with Gasteiger partial charge in [-0.05, 0) is 79.5 Å². The maximum absolute atomic E-state index is 13.6. The molecule has 6 nitrogen and oxygen atoms in total. The van der Waals surface area contributed by atoms with E-state index in [9.17, 15) is 14.7 Å². The lowest BCUT2D eigenvalue weighted by Crippen LogP contribution is -2.40. The number of hydrogen-bond acceptors (Lipinski definition) is 4. The zero-order chi connectivity index (χ0) is 27.8. The number of anilines is 1. The third kappa shape index (κ3) is 7.20. The van der Waals surface area contributed by atoms with Gasteiger partial charge >= 0.3 is 6.09 Å². The number of phenols is 1. The van der Waals surface area contributed by atoms with Crippen LogP contribution >= 0.6 is 0 Å². The van der Waals surface area contributed by atoms with E-state index in [0.29, 0.717) is 36.7 Å². The van der Waals surface area contributed by atoms with E-state index in [2.05, 4.69) is 36.5 Å². The Morgan fingerprint density at radius 2 is 1.59 bits per heavy atom. The molecule has 1 atom stereocenters. The number of nitrogens with one attached hydrogen (secondary N) is 1. The fraction of sp³-hybridized carbons (Fsp3) is 0.394. The number of nitrogens with zero attached hydrogens (tertiary/aromatic N) is 1. The average Bonchev–Trinajstić information content (AvgIpc) is 3.47. The second-order valence-electron chi connectivity index (χ2n) is 10.7. The maximum atomic E-state index is 13.6. The Labute approximate surface area is 232 Å². The maximum Gasteiger partial charge on any atom is 0.410 e. The molecule has 1 aliphatic rings. The summed E-state index contributed by atoms with van der Waals surface area (Å²) >= 11 is 0. The molecule has 39 heavy (non-hydrogen) atoms. The third-order valence-electron chi connectivity index (χ3n) is 7.91. The van der Waals surface area contributed by atoms with Crippen LogP contribution in [0.4, 0.5) is 10.5 Å². The predicted molar refractivity (Wildman–Crippen MR) is 155 cm³/mol. The van der Waals surface area contributed by atoms with Crippen molar-refractivity contribution in [2.75, 3.05) is 11.9 Å². The van der Waals surface area contributed by atoms with Crippen molar-refractivity contribution in [2.45, 2.75) is 71.4 Å². The minimum absolute atomic E-state index is 0.0175. The van der Waals surface area contributed by atoms with E-state index in [1.54, 1.807) is 30.3 Å². The molecular weight excluding hydrogens is 488 g/mol. The Morgan fingerprint density at radius 3 is 2.21 bits per heavy atom. The van der Waals surface area contributed by atoms with E-state index in [0.717, 1.165) is 30.4 Å². The number of hydrogen-bond donors (Lipinski definition) is 2. The number of aryl methyl sites for hydroxylation is 1. The molecule has 6 heteroatoms. The van der Waals surface area contributed by atoms with Gasteiger partial charge in [0, 0.05) is 18.7 Å². The molecule has 1 aliphatic carbocycles. The largest absolute Gasteiger partial charge is 0.506 e. The minimum atomic E-state index is -0.720. The SMILES string of the molecule is CCc1ccc([C@](C)(CC)OC(=O)N(Cc2ccc(C(=O)Nc3ccccc3O)cc2)CC2CCCC2)cc1. The molecule has 0 heterocycles. The van der Waals surface area contributed by atoms with Crippen molar-refractivity contribution in [2.24, 2.45) is 5.92 Å². The molecule has 2 N–H and O–H groups in total. The monoisotopic (exact) mass is 528 g/mol. The number of rotatable bonds is 10. The van der Waals surface area contributed by atoms with Crippen molar-refractivity contribution in [3.63, 3.8) is 0 Å². The summed E-state index contributed by atoms with van der Waals surface area (Å²) in [6.45, 7) is 7.22. The quantitative estimate of drug-likeness (QED) is 0.265. The molecule has 0 aromatic heterocycles. The summed E-state index contributed by atoms with van der Waals surface area (Å²) in [5.74, 6) is 0.180. The fourth-order valence-electron chi connectivity index (χ4n) is 5.15. The van der Waals surface area contributed by atoms with Crippen LogP contribution in [-0.4, -0.2) is 28.6 Å². The van der Waals surface area contributed by atoms with Gasteiger partial charge in [-0.2, -0.15) is 0 Å². The molecule has 0 saturated heterocycles. The number of ether oxygens (including phenoxy) is 1. The summed E-state index contributed by atoms with van der Waals surface area (Å²) in [7, 11) is 0. The molecule has 0 unspecified atom stereocenters. The first-order valence-electron chi connectivity index (χ1n) is 14.1. The smallest absolute Gasteiger partial charge is 0.410 e. The van der Waals surface area contributed by atoms with Crippen molar-refractivity contribution in [3.8, 4) is 5.75 Å².